The van der Waals surface area contributed by atoms with E-state index in [9.17, 15) is 0 Å². The molecule has 9 rings (SSSR count). The van der Waals surface area contributed by atoms with Gasteiger partial charge in [0.25, 0.3) is 0 Å². The van der Waals surface area contributed by atoms with Crippen LogP contribution in [0.2, 0.25) is 0 Å². The topological polar surface area (TPSA) is 43.1 Å². The van der Waals surface area contributed by atoms with Gasteiger partial charge >= 0.3 is 0 Å². The third-order valence-corrected chi connectivity index (χ3v) is 7.99. The van der Waals surface area contributed by atoms with Gasteiger partial charge in [-0.3, -0.25) is 14.4 Å². The number of hydrogen-bond acceptors (Lipinski definition) is 3. The Morgan fingerprint density at radius 2 is 1.54 bits per heavy atom. The molecule has 2 aliphatic rings. The molecule has 4 heterocycles. The average Bonchev–Trinajstić information content (AvgIpc) is 3.59. The Hall–Kier alpha value is -4.57. The molecule has 0 amide bonds. The van der Waals surface area contributed by atoms with Gasteiger partial charge in [0.05, 0.1) is 16.6 Å². The molecule has 162 valence electrons. The van der Waals surface area contributed by atoms with E-state index in [1.165, 1.54) is 44.5 Å². The summed E-state index contributed by atoms with van der Waals surface area (Å²) < 4.78 is 2.27. The van der Waals surface area contributed by atoms with Crippen molar-refractivity contribution in [3.05, 3.63) is 108 Å². The number of rotatable bonds is 0. The standard InChI is InChI=1S/C31H18N4/c1-2-5-19-17(4-1)14-18-7-8-20-21-9-10-27-29(24(21)15-23(20)28(18)19)34-31-30-22(6-3-12-33-30)25-16-32-13-11-26(25)35(27)31/h1-13,16H,14-15H2. The molecule has 0 aliphatic heterocycles. The lowest BCUT2D eigenvalue weighted by atomic mass is 9.95. The van der Waals surface area contributed by atoms with Gasteiger partial charge < -0.3 is 0 Å². The van der Waals surface area contributed by atoms with Crippen molar-refractivity contribution in [1.29, 1.82) is 0 Å². The Labute approximate surface area is 200 Å². The largest absolute Gasteiger partial charge is 0.290 e. The summed E-state index contributed by atoms with van der Waals surface area (Å²) in [6.45, 7) is 0. The van der Waals surface area contributed by atoms with Crippen LogP contribution in [0.25, 0.3) is 60.7 Å². The molecule has 0 saturated carbocycles. The second-order valence-corrected chi connectivity index (χ2v) is 9.66. The molecule has 0 N–H and O–H groups in total. The van der Waals surface area contributed by atoms with E-state index in [-0.39, 0.29) is 0 Å². The second-order valence-electron chi connectivity index (χ2n) is 9.66. The Kier molecular flexibility index (Phi) is 3.11. The minimum absolute atomic E-state index is 0.911. The minimum atomic E-state index is 0.911. The highest BCUT2D eigenvalue weighted by Gasteiger charge is 2.30. The lowest BCUT2D eigenvalue weighted by molar-refractivity contribution is 1.24. The third kappa shape index (κ3) is 2.11. The van der Waals surface area contributed by atoms with E-state index < -0.39 is 0 Å². The average molecular weight is 447 g/mol. The first-order chi connectivity index (χ1) is 17.4. The first kappa shape index (κ1) is 17.8. The molecular formula is C31H18N4. The van der Waals surface area contributed by atoms with E-state index in [1.807, 2.05) is 24.7 Å². The first-order valence-corrected chi connectivity index (χ1v) is 12.0. The number of imidazole rings is 1. The molecule has 3 aromatic carbocycles. The van der Waals surface area contributed by atoms with Crippen molar-refractivity contribution in [2.75, 3.05) is 0 Å². The van der Waals surface area contributed by atoms with Gasteiger partial charge in [0, 0.05) is 35.8 Å². The van der Waals surface area contributed by atoms with Gasteiger partial charge in [0.1, 0.15) is 5.52 Å². The smallest absolute Gasteiger partial charge is 0.165 e. The zero-order valence-corrected chi connectivity index (χ0v) is 18.8. The maximum absolute atomic E-state index is 5.27. The molecule has 0 saturated heterocycles. The van der Waals surface area contributed by atoms with E-state index in [2.05, 4.69) is 70.0 Å². The van der Waals surface area contributed by atoms with Crippen LogP contribution in [0.15, 0.2) is 85.3 Å². The summed E-state index contributed by atoms with van der Waals surface area (Å²) in [7, 11) is 0. The molecule has 4 nitrogen and oxygen atoms in total. The monoisotopic (exact) mass is 446 g/mol. The predicted octanol–water partition coefficient (Wildman–Crippen LogP) is 6.73. The van der Waals surface area contributed by atoms with E-state index in [4.69, 9.17) is 9.97 Å². The molecule has 0 unspecified atom stereocenters. The highest BCUT2D eigenvalue weighted by atomic mass is 15.0. The van der Waals surface area contributed by atoms with Crippen LogP contribution in [0.3, 0.4) is 0 Å². The molecule has 0 fully saturated rings. The number of aromatic nitrogens is 4. The predicted molar refractivity (Wildman–Crippen MR) is 140 cm³/mol. The van der Waals surface area contributed by atoms with Gasteiger partial charge in [-0.05, 0) is 69.1 Å². The molecule has 0 spiro atoms. The number of hydrogen-bond donors (Lipinski definition) is 0. The summed E-state index contributed by atoms with van der Waals surface area (Å²) >= 11 is 0. The molecular weight excluding hydrogens is 428 g/mol. The van der Waals surface area contributed by atoms with Crippen molar-refractivity contribution < 1.29 is 0 Å². The number of pyridine rings is 3. The molecule has 4 aromatic heterocycles. The van der Waals surface area contributed by atoms with Gasteiger partial charge in [0.2, 0.25) is 0 Å². The highest BCUT2D eigenvalue weighted by molar-refractivity contribution is 6.12. The highest BCUT2D eigenvalue weighted by Crippen LogP contribution is 2.49. The van der Waals surface area contributed by atoms with Crippen molar-refractivity contribution in [1.82, 2.24) is 19.4 Å². The lowest BCUT2D eigenvalue weighted by Gasteiger charge is -2.09. The van der Waals surface area contributed by atoms with Gasteiger partial charge in [-0.2, -0.15) is 0 Å². The van der Waals surface area contributed by atoms with Crippen LogP contribution in [0.4, 0.5) is 0 Å². The van der Waals surface area contributed by atoms with Crippen LogP contribution < -0.4 is 0 Å². The van der Waals surface area contributed by atoms with E-state index in [0.29, 0.717) is 0 Å². The van der Waals surface area contributed by atoms with E-state index >= 15 is 0 Å². The van der Waals surface area contributed by atoms with Crippen LogP contribution in [0.5, 0.6) is 0 Å². The van der Waals surface area contributed by atoms with Crippen molar-refractivity contribution in [3.8, 4) is 22.3 Å². The maximum Gasteiger partial charge on any atom is 0.165 e. The van der Waals surface area contributed by atoms with Crippen molar-refractivity contribution in [2.24, 2.45) is 0 Å². The van der Waals surface area contributed by atoms with Gasteiger partial charge in [-0.15, -0.1) is 0 Å². The van der Waals surface area contributed by atoms with Crippen LogP contribution in [0, 0.1) is 0 Å². The zero-order valence-electron chi connectivity index (χ0n) is 18.8. The third-order valence-electron chi connectivity index (χ3n) is 7.99. The SMILES string of the molecule is c1ccc2c(c1)Cc1ccc3c(c1-2)Cc1c-3ccc2c1nc1c3ncccc3c3cnccc3n21. The van der Waals surface area contributed by atoms with Crippen molar-refractivity contribution >= 4 is 38.5 Å². The van der Waals surface area contributed by atoms with Crippen LogP contribution in [-0.4, -0.2) is 19.4 Å². The molecule has 35 heavy (non-hydrogen) atoms. The summed E-state index contributed by atoms with van der Waals surface area (Å²) in [6.07, 6.45) is 7.59. The summed E-state index contributed by atoms with van der Waals surface area (Å²) in [6, 6.07) is 24.2. The fraction of sp³-hybridized carbons (Fsp3) is 0.0645. The van der Waals surface area contributed by atoms with E-state index in [1.54, 1.807) is 0 Å². The second kappa shape index (κ2) is 6.10. The summed E-state index contributed by atoms with van der Waals surface area (Å²) in [4.78, 5) is 14.4. The van der Waals surface area contributed by atoms with Crippen LogP contribution in [-0.2, 0) is 12.8 Å². The molecule has 0 bridgehead atoms. The normalized spacial score (nSPS) is 13.5. The summed E-state index contributed by atoms with van der Waals surface area (Å²) in [5, 5.41) is 2.19. The Morgan fingerprint density at radius 1 is 0.629 bits per heavy atom. The molecule has 0 atom stereocenters. The van der Waals surface area contributed by atoms with Crippen LogP contribution in [0.1, 0.15) is 22.3 Å². The Bertz CT molecular complexity index is 2070. The summed E-state index contributed by atoms with van der Waals surface area (Å²) in [5.74, 6) is 0. The quantitative estimate of drug-likeness (QED) is 0.243. The van der Waals surface area contributed by atoms with Gasteiger partial charge in [-0.1, -0.05) is 48.5 Å². The minimum Gasteiger partial charge on any atom is -0.290 e. The van der Waals surface area contributed by atoms with Crippen molar-refractivity contribution in [3.63, 3.8) is 0 Å². The molecule has 7 aromatic rings. The number of nitrogens with zero attached hydrogens (tertiary/aromatic N) is 4. The number of benzene rings is 3. The fourth-order valence-electron chi connectivity index (χ4n) is 6.54. The molecule has 2 aliphatic carbocycles. The Balaban J connectivity index is 1.39. The van der Waals surface area contributed by atoms with Crippen LogP contribution >= 0.6 is 0 Å². The number of fused-ring (bicyclic) bond motifs is 16. The van der Waals surface area contributed by atoms with Crippen molar-refractivity contribution in [2.45, 2.75) is 12.8 Å². The lowest BCUT2D eigenvalue weighted by Crippen LogP contribution is -1.93. The fourth-order valence-corrected chi connectivity index (χ4v) is 6.54. The van der Waals surface area contributed by atoms with Gasteiger partial charge in [0.15, 0.2) is 5.65 Å². The summed E-state index contributed by atoms with van der Waals surface area (Å²) in [5.41, 5.74) is 16.3. The molecule has 0 radical (unpaired) electrons. The molecule has 4 heteroatoms. The first-order valence-electron chi connectivity index (χ1n) is 12.0. The zero-order chi connectivity index (χ0) is 22.7. The maximum atomic E-state index is 5.27. The Morgan fingerprint density at radius 3 is 2.54 bits per heavy atom. The van der Waals surface area contributed by atoms with E-state index in [0.717, 1.165) is 51.3 Å². The van der Waals surface area contributed by atoms with Gasteiger partial charge in [-0.25, -0.2) is 4.98 Å².